The number of aldehydes is 1. The molecule has 438 valence electrons. The Bertz CT molecular complexity index is 2630. The molecule has 80 heavy (non-hydrogen) atoms. The maximum atomic E-state index is 14.5. The molecule has 22 heteroatoms. The molecule has 1 aromatic heterocycles. The van der Waals surface area contributed by atoms with Crippen LogP contribution in [0.3, 0.4) is 0 Å². The van der Waals surface area contributed by atoms with Crippen LogP contribution in [0, 0.1) is 23.7 Å². The molecule has 0 spiro atoms. The van der Waals surface area contributed by atoms with E-state index in [0.29, 0.717) is 137 Å². The number of nitrogens with zero attached hydrogens (tertiary/aromatic N) is 9. The van der Waals surface area contributed by atoms with Crippen molar-refractivity contribution < 1.29 is 58.4 Å². The predicted molar refractivity (Wildman–Crippen MR) is 299 cm³/mol. The van der Waals surface area contributed by atoms with Gasteiger partial charge in [0.15, 0.2) is 5.69 Å². The molecule has 8 rings (SSSR count). The highest BCUT2D eigenvalue weighted by Crippen LogP contribution is 2.58. The van der Waals surface area contributed by atoms with Crippen LogP contribution in [0.5, 0.6) is 11.5 Å². The van der Waals surface area contributed by atoms with Gasteiger partial charge in [-0.05, 0) is 137 Å². The third-order valence-corrected chi connectivity index (χ3v) is 17.0. The number of hydrogen-bond acceptors (Lipinski definition) is 15. The molecule has 3 aromatic rings. The fourth-order valence-electron chi connectivity index (χ4n) is 12.8. The van der Waals surface area contributed by atoms with Crippen molar-refractivity contribution in [3.63, 3.8) is 0 Å². The number of ether oxygens (including phenoxy) is 2. The molecule has 1 aliphatic heterocycles. The van der Waals surface area contributed by atoms with E-state index < -0.39 is 29.4 Å². The minimum absolute atomic E-state index is 0.0493. The highest BCUT2D eigenvalue weighted by Gasteiger charge is 2.62. The smallest absolute Gasteiger partial charge is 0.330 e. The number of carboxylic acid groups (broad SMARTS) is 3. The number of amides is 3. The van der Waals surface area contributed by atoms with Crippen molar-refractivity contribution >= 4 is 41.9 Å². The van der Waals surface area contributed by atoms with Gasteiger partial charge < -0.3 is 49.6 Å². The lowest BCUT2D eigenvalue weighted by Crippen LogP contribution is -2.70. The molecule has 5 aliphatic rings. The van der Waals surface area contributed by atoms with Gasteiger partial charge in [-0.2, -0.15) is 5.10 Å². The molecule has 0 radical (unpaired) electrons. The van der Waals surface area contributed by atoms with Crippen molar-refractivity contribution in [2.75, 3.05) is 140 Å². The number of carbonyl (C=O) groups is 7. The van der Waals surface area contributed by atoms with Gasteiger partial charge in [-0.1, -0.05) is 19.9 Å². The average molecular weight is 1110 g/mol. The molecule has 0 unspecified atom stereocenters. The summed E-state index contributed by atoms with van der Waals surface area (Å²) >= 11 is 0. The van der Waals surface area contributed by atoms with Gasteiger partial charge in [-0.3, -0.25) is 43.6 Å². The second-order valence-corrected chi connectivity index (χ2v) is 22.9. The summed E-state index contributed by atoms with van der Waals surface area (Å²) in [5, 5.41) is 37.9. The van der Waals surface area contributed by atoms with Gasteiger partial charge in [0.2, 0.25) is 5.91 Å². The Hall–Kier alpha value is -6.46. The lowest BCUT2D eigenvalue weighted by Gasteiger charge is -2.59. The minimum Gasteiger partial charge on any atom is -0.496 e. The van der Waals surface area contributed by atoms with Gasteiger partial charge in [0.25, 0.3) is 11.8 Å². The molecule has 22 nitrogen and oxygen atoms in total. The minimum atomic E-state index is -1.38. The van der Waals surface area contributed by atoms with E-state index in [1.165, 1.54) is 0 Å². The highest BCUT2D eigenvalue weighted by atomic mass is 16.5. The summed E-state index contributed by atoms with van der Waals surface area (Å²) in [5.41, 5.74) is 1.64. The molecule has 4 saturated carbocycles. The molecule has 2 heterocycles. The Morgan fingerprint density at radius 2 is 1.21 bits per heavy atom. The quantitative estimate of drug-likeness (QED) is 0.0886. The summed E-state index contributed by atoms with van der Waals surface area (Å²) in [7, 11) is 8.66. The van der Waals surface area contributed by atoms with Crippen molar-refractivity contribution in [1.82, 2.24) is 49.4 Å². The van der Waals surface area contributed by atoms with E-state index >= 15 is 0 Å². The first kappa shape index (κ1) is 61.2. The first-order valence-electron chi connectivity index (χ1n) is 28.2. The lowest BCUT2D eigenvalue weighted by atomic mass is 9.48. The Morgan fingerprint density at radius 3 is 1.70 bits per heavy atom. The number of benzene rings is 2. The molecule has 1 saturated heterocycles. The Labute approximate surface area is 469 Å². The summed E-state index contributed by atoms with van der Waals surface area (Å²) in [5.74, 6) is -2.21. The van der Waals surface area contributed by atoms with E-state index in [1.807, 2.05) is 42.8 Å². The third kappa shape index (κ3) is 14.9. The maximum absolute atomic E-state index is 14.5. The van der Waals surface area contributed by atoms with Crippen LogP contribution in [0.4, 0.5) is 0 Å². The standard InChI is InChI=1S/C58H84N10O12/c1-39(2)45-34-42(13-14-47(45)68-48(54-49(79-6)11-8-12-50(54)80-7)35-46(60-68)55(75)59-58(57(77)78)43-30-40-29-41(32-43)33-44(58)31-40)56(76)63(5)18-10-16-61(3)15-9-17-62(4)51(70)36-65-21-19-64(27-28-69)20-22-66(37-52(71)72)25-26-67(24-23-65)38-53(73)74/h8,11-14,28,34-35,39-41,43-44H,9-10,15-27,29-33,36-38H2,1-7H3,(H,59,75)(H,71,72)(H,73,74)(H,77,78). The highest BCUT2D eigenvalue weighted by molar-refractivity contribution is 5.98. The average Bonchev–Trinajstić information content (AvgIpc) is 3.93. The summed E-state index contributed by atoms with van der Waals surface area (Å²) in [6, 6.07) is 12.5. The molecule has 4 aliphatic carbocycles. The largest absolute Gasteiger partial charge is 0.496 e. The Kier molecular flexibility index (Phi) is 21.3. The van der Waals surface area contributed by atoms with Crippen LogP contribution in [-0.2, 0) is 24.0 Å². The zero-order valence-corrected chi connectivity index (χ0v) is 47.8. The molecule has 4 bridgehead atoms. The fraction of sp³-hybridized carbons (Fsp3) is 0.621. The summed E-state index contributed by atoms with van der Waals surface area (Å²) in [6.07, 6.45) is 6.50. The van der Waals surface area contributed by atoms with Crippen LogP contribution in [0.25, 0.3) is 16.9 Å². The van der Waals surface area contributed by atoms with Crippen molar-refractivity contribution in [3.05, 3.63) is 59.3 Å². The lowest BCUT2D eigenvalue weighted by molar-refractivity contribution is -0.163. The van der Waals surface area contributed by atoms with Gasteiger partial charge in [-0.25, -0.2) is 9.48 Å². The Morgan fingerprint density at radius 1 is 0.700 bits per heavy atom. The number of likely N-dealkylation sites (N-methyl/N-ethyl adjacent to an activating group) is 1. The SMILES string of the molecule is COc1cccc(OC)c1-c1cc(C(=O)NC2(C(=O)O)C3CC4CC(C3)CC2C4)nn1-c1ccc(C(=O)N(C)CCCN(C)CCCN(C)C(=O)CN2CCN(CC=O)CCN(CC(=O)O)CCN(CC(=O)O)CC2)cc1C(C)C. The Balaban J connectivity index is 0.963. The van der Waals surface area contributed by atoms with Crippen molar-refractivity contribution in [2.45, 2.75) is 70.3 Å². The number of carboxylic acids is 3. The van der Waals surface area contributed by atoms with Crippen molar-refractivity contribution in [1.29, 1.82) is 0 Å². The molecule has 4 N–H and O–H groups in total. The normalized spacial score (nSPS) is 22.1. The van der Waals surface area contributed by atoms with Crippen molar-refractivity contribution in [3.8, 4) is 28.4 Å². The number of aliphatic carboxylic acids is 3. The van der Waals surface area contributed by atoms with Crippen LogP contribution < -0.4 is 14.8 Å². The number of hydrogen-bond donors (Lipinski definition) is 4. The molecule has 2 aromatic carbocycles. The van der Waals surface area contributed by atoms with Gasteiger partial charge in [0.05, 0.1) is 57.3 Å². The van der Waals surface area contributed by atoms with E-state index in [-0.39, 0.29) is 61.4 Å². The van der Waals surface area contributed by atoms with Crippen LogP contribution in [0.1, 0.15) is 91.1 Å². The number of methoxy groups -OCH3 is 2. The van der Waals surface area contributed by atoms with E-state index in [1.54, 1.807) is 82.9 Å². The van der Waals surface area contributed by atoms with Crippen LogP contribution in [0.2, 0.25) is 0 Å². The number of aromatic nitrogens is 2. The first-order chi connectivity index (χ1) is 38.2. The maximum Gasteiger partial charge on any atom is 0.330 e. The molecule has 5 fully saturated rings. The molecule has 0 atom stereocenters. The van der Waals surface area contributed by atoms with Gasteiger partial charge in [0.1, 0.15) is 23.3 Å². The summed E-state index contributed by atoms with van der Waals surface area (Å²) < 4.78 is 13.4. The van der Waals surface area contributed by atoms with Gasteiger partial charge >= 0.3 is 17.9 Å². The summed E-state index contributed by atoms with van der Waals surface area (Å²) in [4.78, 5) is 103. The molecular weight excluding hydrogens is 1030 g/mol. The second kappa shape index (κ2) is 27.8. The molecular formula is C58H84N10O12. The molecule has 3 amide bonds. The zero-order chi connectivity index (χ0) is 57.8. The number of nitrogens with one attached hydrogen (secondary N) is 1. The predicted octanol–water partition coefficient (Wildman–Crippen LogP) is 3.52. The monoisotopic (exact) mass is 1110 g/mol. The van der Waals surface area contributed by atoms with Crippen LogP contribution in [0.15, 0.2) is 42.5 Å². The van der Waals surface area contributed by atoms with E-state index in [0.717, 1.165) is 44.0 Å². The van der Waals surface area contributed by atoms with Gasteiger partial charge in [-0.15, -0.1) is 0 Å². The third-order valence-electron chi connectivity index (χ3n) is 17.0. The van der Waals surface area contributed by atoms with Crippen LogP contribution >= 0.6 is 0 Å². The zero-order valence-electron chi connectivity index (χ0n) is 47.8. The second-order valence-electron chi connectivity index (χ2n) is 22.9. The van der Waals surface area contributed by atoms with E-state index in [4.69, 9.17) is 14.6 Å². The number of rotatable bonds is 25. The van der Waals surface area contributed by atoms with Gasteiger partial charge in [0, 0.05) is 85.1 Å². The first-order valence-corrected chi connectivity index (χ1v) is 28.2. The fourth-order valence-corrected chi connectivity index (χ4v) is 12.8. The number of carbonyl (C=O) groups excluding carboxylic acids is 4. The van der Waals surface area contributed by atoms with E-state index in [2.05, 4.69) is 10.2 Å². The summed E-state index contributed by atoms with van der Waals surface area (Å²) in [6.45, 7) is 9.62. The van der Waals surface area contributed by atoms with Crippen LogP contribution in [-0.4, -0.2) is 247 Å². The van der Waals surface area contributed by atoms with Crippen molar-refractivity contribution in [2.24, 2.45) is 23.7 Å². The topological polar surface area (TPSA) is 251 Å². The van der Waals surface area contributed by atoms with E-state index in [9.17, 15) is 48.9 Å².